The molecule has 2 aromatic carbocycles. The average molecular weight is 559 g/mol. The van der Waals surface area contributed by atoms with Crippen LogP contribution in [0, 0.1) is 17.7 Å². The molecule has 2 fully saturated rings. The van der Waals surface area contributed by atoms with E-state index >= 15 is 0 Å². The zero-order valence-electron chi connectivity index (χ0n) is 22.4. The van der Waals surface area contributed by atoms with Crippen LogP contribution in [0.2, 0.25) is 0 Å². The Morgan fingerprint density at radius 2 is 1.67 bits per heavy atom. The Hall–Kier alpha value is -3.31. The first-order chi connectivity index (χ1) is 18.5. The quantitative estimate of drug-likeness (QED) is 0.450. The standard InChI is InChI=1S/C28H35FN4O5S/c1-4-5-14-28(21-6-8-22(29)9-7-21)26(35)33(27(36)31-28)18-25(34)30-23-10-12-24(13-11-23)39(37,38)32-16-19(2)15-20(3)17-32/h6-13,19-20H,4-5,14-18H2,1-3H3,(H,30,34)(H,31,36). The highest BCUT2D eigenvalue weighted by atomic mass is 32.2. The Balaban J connectivity index is 1.45. The van der Waals surface area contributed by atoms with Gasteiger partial charge in [-0.15, -0.1) is 0 Å². The van der Waals surface area contributed by atoms with Crippen LogP contribution in [0.1, 0.15) is 52.0 Å². The predicted molar refractivity (Wildman–Crippen MR) is 145 cm³/mol. The fourth-order valence-electron chi connectivity index (χ4n) is 5.46. The van der Waals surface area contributed by atoms with Gasteiger partial charge in [-0.3, -0.25) is 14.5 Å². The lowest BCUT2D eigenvalue weighted by atomic mass is 9.85. The smallest absolute Gasteiger partial charge is 0.325 e. The van der Waals surface area contributed by atoms with E-state index in [1.807, 2.05) is 20.8 Å². The van der Waals surface area contributed by atoms with Crippen LogP contribution in [-0.2, 0) is 25.2 Å². The number of urea groups is 1. The maximum absolute atomic E-state index is 13.5. The van der Waals surface area contributed by atoms with E-state index in [1.54, 1.807) is 0 Å². The summed E-state index contributed by atoms with van der Waals surface area (Å²) in [6.07, 6.45) is 2.70. The molecule has 4 amide bonds. The third-order valence-corrected chi connectivity index (χ3v) is 9.18. The Morgan fingerprint density at radius 3 is 2.26 bits per heavy atom. The van der Waals surface area contributed by atoms with E-state index in [-0.39, 0.29) is 16.7 Å². The highest BCUT2D eigenvalue weighted by Gasteiger charge is 2.52. The molecule has 3 atom stereocenters. The molecule has 2 saturated heterocycles. The predicted octanol–water partition coefficient (Wildman–Crippen LogP) is 4.07. The molecule has 0 radical (unpaired) electrons. The van der Waals surface area contributed by atoms with Crippen LogP contribution >= 0.6 is 0 Å². The summed E-state index contributed by atoms with van der Waals surface area (Å²) >= 11 is 0. The third-order valence-electron chi connectivity index (χ3n) is 7.33. The molecule has 0 saturated carbocycles. The van der Waals surface area contributed by atoms with Crippen molar-refractivity contribution in [1.29, 1.82) is 0 Å². The molecule has 0 bridgehead atoms. The number of hydrogen-bond acceptors (Lipinski definition) is 5. The minimum atomic E-state index is -3.66. The van der Waals surface area contributed by atoms with E-state index in [0.717, 1.165) is 17.7 Å². The summed E-state index contributed by atoms with van der Waals surface area (Å²) in [6, 6.07) is 10.5. The van der Waals surface area contributed by atoms with Crippen LogP contribution in [0.25, 0.3) is 0 Å². The number of benzene rings is 2. The maximum Gasteiger partial charge on any atom is 0.325 e. The zero-order chi connectivity index (χ0) is 28.4. The molecular weight excluding hydrogens is 523 g/mol. The lowest BCUT2D eigenvalue weighted by Crippen LogP contribution is -2.44. The van der Waals surface area contributed by atoms with Gasteiger partial charge in [0.15, 0.2) is 0 Å². The summed E-state index contributed by atoms with van der Waals surface area (Å²) < 4.78 is 41.3. The molecule has 210 valence electrons. The first kappa shape index (κ1) is 28.7. The highest BCUT2D eigenvalue weighted by Crippen LogP contribution is 2.34. The van der Waals surface area contributed by atoms with Gasteiger partial charge in [-0.25, -0.2) is 17.6 Å². The van der Waals surface area contributed by atoms with E-state index in [4.69, 9.17) is 0 Å². The normalized spacial score (nSPS) is 24.1. The third kappa shape index (κ3) is 5.99. The van der Waals surface area contributed by atoms with Gasteiger partial charge in [0.2, 0.25) is 15.9 Å². The van der Waals surface area contributed by atoms with Gasteiger partial charge in [0.05, 0.1) is 4.90 Å². The van der Waals surface area contributed by atoms with Crippen molar-refractivity contribution in [3.63, 3.8) is 0 Å². The van der Waals surface area contributed by atoms with Crippen molar-refractivity contribution >= 4 is 33.6 Å². The number of sulfonamides is 1. The molecule has 4 rings (SSSR count). The fourth-order valence-corrected chi connectivity index (χ4v) is 7.14. The highest BCUT2D eigenvalue weighted by molar-refractivity contribution is 7.89. The molecule has 0 spiro atoms. The second-order valence-electron chi connectivity index (χ2n) is 10.7. The van der Waals surface area contributed by atoms with E-state index in [0.29, 0.717) is 37.2 Å². The second-order valence-corrected chi connectivity index (χ2v) is 12.6. The lowest BCUT2D eigenvalue weighted by Gasteiger charge is -2.34. The Labute approximate surface area is 228 Å². The van der Waals surface area contributed by atoms with Crippen LogP contribution in [-0.4, -0.2) is 55.1 Å². The summed E-state index contributed by atoms with van der Waals surface area (Å²) in [6.45, 7) is 6.44. The topological polar surface area (TPSA) is 116 Å². The Bertz CT molecular complexity index is 1320. The SMILES string of the molecule is CCCCC1(c2ccc(F)cc2)NC(=O)N(CC(=O)Nc2ccc(S(=O)(=O)N3CC(C)CC(C)C3)cc2)C1=O. The van der Waals surface area contributed by atoms with E-state index in [1.165, 1.54) is 52.8 Å². The number of piperidine rings is 1. The van der Waals surface area contributed by atoms with Gasteiger partial charge in [-0.2, -0.15) is 4.31 Å². The number of nitrogens with one attached hydrogen (secondary N) is 2. The monoisotopic (exact) mass is 558 g/mol. The van der Waals surface area contributed by atoms with Gasteiger partial charge < -0.3 is 10.6 Å². The number of imide groups is 1. The van der Waals surface area contributed by atoms with Crippen LogP contribution in [0.3, 0.4) is 0 Å². The lowest BCUT2D eigenvalue weighted by molar-refractivity contribution is -0.134. The Kier molecular flexibility index (Phi) is 8.41. The Morgan fingerprint density at radius 1 is 1.05 bits per heavy atom. The van der Waals surface area contributed by atoms with Gasteiger partial charge in [-0.1, -0.05) is 45.7 Å². The molecule has 3 unspecified atom stereocenters. The van der Waals surface area contributed by atoms with Gasteiger partial charge >= 0.3 is 6.03 Å². The number of carbonyl (C=O) groups excluding carboxylic acids is 3. The van der Waals surface area contributed by atoms with Gasteiger partial charge in [-0.05, 0) is 66.6 Å². The van der Waals surface area contributed by atoms with Crippen molar-refractivity contribution in [1.82, 2.24) is 14.5 Å². The summed E-state index contributed by atoms with van der Waals surface area (Å²) in [5, 5.41) is 5.36. The molecule has 0 aliphatic carbocycles. The number of halogens is 1. The minimum Gasteiger partial charge on any atom is -0.325 e. The van der Waals surface area contributed by atoms with Crippen molar-refractivity contribution in [2.45, 2.75) is 56.9 Å². The van der Waals surface area contributed by atoms with Crippen LogP contribution < -0.4 is 10.6 Å². The largest absolute Gasteiger partial charge is 0.325 e. The van der Waals surface area contributed by atoms with Crippen molar-refractivity contribution in [2.75, 3.05) is 25.0 Å². The molecule has 39 heavy (non-hydrogen) atoms. The van der Waals surface area contributed by atoms with Gasteiger partial charge in [0.1, 0.15) is 17.9 Å². The molecule has 11 heteroatoms. The number of carbonyl (C=O) groups is 3. The number of nitrogens with zero attached hydrogens (tertiary/aromatic N) is 2. The molecule has 2 aliphatic heterocycles. The average Bonchev–Trinajstić information content (AvgIpc) is 3.12. The number of amides is 4. The first-order valence-corrected chi connectivity index (χ1v) is 14.7. The van der Waals surface area contributed by atoms with Crippen LogP contribution in [0.4, 0.5) is 14.9 Å². The summed E-state index contributed by atoms with van der Waals surface area (Å²) in [4.78, 5) is 40.1. The van der Waals surface area contributed by atoms with Gasteiger partial charge in [0.25, 0.3) is 5.91 Å². The summed E-state index contributed by atoms with van der Waals surface area (Å²) in [5.74, 6) is -1.10. The van der Waals surface area contributed by atoms with Crippen molar-refractivity contribution in [3.8, 4) is 0 Å². The van der Waals surface area contributed by atoms with Crippen LogP contribution in [0.5, 0.6) is 0 Å². The van der Waals surface area contributed by atoms with E-state index in [9.17, 15) is 27.2 Å². The van der Waals surface area contributed by atoms with E-state index in [2.05, 4.69) is 10.6 Å². The number of anilines is 1. The van der Waals surface area contributed by atoms with Gasteiger partial charge in [0, 0.05) is 18.8 Å². The zero-order valence-corrected chi connectivity index (χ0v) is 23.3. The molecule has 0 aromatic heterocycles. The summed E-state index contributed by atoms with van der Waals surface area (Å²) in [5.41, 5.74) is -0.587. The molecule has 2 N–H and O–H groups in total. The van der Waals surface area contributed by atoms with E-state index < -0.39 is 45.8 Å². The van der Waals surface area contributed by atoms with Crippen molar-refractivity contribution in [2.24, 2.45) is 11.8 Å². The van der Waals surface area contributed by atoms with Crippen molar-refractivity contribution < 1.29 is 27.2 Å². The van der Waals surface area contributed by atoms with Crippen LogP contribution in [0.15, 0.2) is 53.4 Å². The first-order valence-electron chi connectivity index (χ1n) is 13.3. The minimum absolute atomic E-state index is 0.135. The molecule has 2 aliphatic rings. The number of unbranched alkanes of at least 4 members (excludes halogenated alkanes) is 1. The molecular formula is C28H35FN4O5S. The fraction of sp³-hybridized carbons (Fsp3) is 0.464. The molecule has 2 heterocycles. The molecule has 9 nitrogen and oxygen atoms in total. The van der Waals surface area contributed by atoms with Crippen molar-refractivity contribution in [3.05, 3.63) is 59.9 Å². The summed E-state index contributed by atoms with van der Waals surface area (Å²) in [7, 11) is -3.66. The maximum atomic E-state index is 13.5. The number of rotatable bonds is 9. The second kappa shape index (κ2) is 11.4. The molecule has 2 aromatic rings. The number of hydrogen-bond donors (Lipinski definition) is 2.